The summed E-state index contributed by atoms with van der Waals surface area (Å²) in [5, 5.41) is 4.75. The van der Waals surface area contributed by atoms with Crippen molar-refractivity contribution in [1.29, 1.82) is 0 Å². The summed E-state index contributed by atoms with van der Waals surface area (Å²) in [7, 11) is 4.33. The van der Waals surface area contributed by atoms with Gasteiger partial charge in [0.15, 0.2) is 0 Å². The first kappa shape index (κ1) is 11.9. The lowest BCUT2D eigenvalue weighted by molar-refractivity contribution is -0.856. The molecule has 0 fully saturated rings. The Hall–Kier alpha value is -1.20. The van der Waals surface area contributed by atoms with Gasteiger partial charge in [0, 0.05) is 4.88 Å². The maximum absolute atomic E-state index is 4.43. The Balaban J connectivity index is 1.91. The minimum absolute atomic E-state index is 0.957. The van der Waals surface area contributed by atoms with Crippen LogP contribution >= 0.6 is 11.3 Å². The summed E-state index contributed by atoms with van der Waals surface area (Å²) in [5.41, 5.74) is 1.50. The van der Waals surface area contributed by atoms with E-state index in [1.165, 1.54) is 40.0 Å². The Bertz CT molecular complexity index is 561. The summed E-state index contributed by atoms with van der Waals surface area (Å²) in [6, 6.07) is 0. The zero-order valence-corrected chi connectivity index (χ0v) is 11.7. The van der Waals surface area contributed by atoms with Crippen molar-refractivity contribution in [3.05, 3.63) is 16.8 Å². The molecule has 0 radical (unpaired) electrons. The number of nitrogens with zero attached hydrogens (tertiary/aromatic N) is 2. The van der Waals surface area contributed by atoms with Crippen molar-refractivity contribution in [3.8, 4) is 0 Å². The fraction of sp³-hybridized carbons (Fsp3) is 0.538. The molecule has 0 amide bonds. The van der Waals surface area contributed by atoms with Crippen LogP contribution in [0.5, 0.6) is 0 Å². The van der Waals surface area contributed by atoms with Crippen LogP contribution in [0.2, 0.25) is 0 Å². The topological polar surface area (TPSA) is 42.2 Å². The van der Waals surface area contributed by atoms with Gasteiger partial charge >= 0.3 is 0 Å². The van der Waals surface area contributed by atoms with Crippen molar-refractivity contribution in [1.82, 2.24) is 9.97 Å². The number of hydrogen-bond acceptors (Lipinski definition) is 4. The zero-order chi connectivity index (χ0) is 12.5. The van der Waals surface area contributed by atoms with E-state index >= 15 is 0 Å². The molecule has 0 saturated heterocycles. The number of aromatic nitrogens is 2. The van der Waals surface area contributed by atoms with Crippen molar-refractivity contribution >= 4 is 27.4 Å². The molecule has 2 aromatic heterocycles. The van der Waals surface area contributed by atoms with Gasteiger partial charge in [-0.1, -0.05) is 0 Å². The van der Waals surface area contributed by atoms with Crippen molar-refractivity contribution < 1.29 is 4.90 Å². The van der Waals surface area contributed by atoms with Crippen molar-refractivity contribution in [2.24, 2.45) is 0 Å². The lowest BCUT2D eigenvalue weighted by Crippen LogP contribution is -3.06. The molecule has 4 nitrogen and oxygen atoms in total. The lowest BCUT2D eigenvalue weighted by atomic mass is 10.2. The predicted molar refractivity (Wildman–Crippen MR) is 75.6 cm³/mol. The molecule has 0 unspecified atom stereocenters. The summed E-state index contributed by atoms with van der Waals surface area (Å²) >= 11 is 1.84. The summed E-state index contributed by atoms with van der Waals surface area (Å²) in [4.78, 5) is 13.0. The number of thiophene rings is 1. The van der Waals surface area contributed by atoms with E-state index in [-0.39, 0.29) is 0 Å². The molecule has 2 heterocycles. The van der Waals surface area contributed by atoms with Gasteiger partial charge in [-0.15, -0.1) is 11.3 Å². The van der Waals surface area contributed by atoms with Crippen molar-refractivity contribution in [2.75, 3.05) is 32.5 Å². The van der Waals surface area contributed by atoms with Gasteiger partial charge in [0.05, 0.1) is 32.6 Å². The molecule has 0 atom stereocenters. The second kappa shape index (κ2) is 4.82. The molecule has 18 heavy (non-hydrogen) atoms. The van der Waals surface area contributed by atoms with Crippen LogP contribution in [0.15, 0.2) is 6.33 Å². The van der Waals surface area contributed by atoms with Gasteiger partial charge in [-0.2, -0.15) is 0 Å². The molecule has 2 N–H and O–H groups in total. The van der Waals surface area contributed by atoms with Gasteiger partial charge in [-0.05, 0) is 24.8 Å². The van der Waals surface area contributed by atoms with Gasteiger partial charge < -0.3 is 10.2 Å². The van der Waals surface area contributed by atoms with Gasteiger partial charge in [0.25, 0.3) is 0 Å². The Morgan fingerprint density at radius 3 is 3.06 bits per heavy atom. The molecule has 0 aliphatic heterocycles. The van der Waals surface area contributed by atoms with Crippen LogP contribution in [0, 0.1) is 0 Å². The Labute approximate surface area is 111 Å². The normalized spacial score (nSPS) is 14.4. The molecular weight excluding hydrogens is 244 g/mol. The van der Waals surface area contributed by atoms with E-state index < -0.39 is 0 Å². The average molecular weight is 263 g/mol. The van der Waals surface area contributed by atoms with E-state index in [1.54, 1.807) is 6.33 Å². The van der Waals surface area contributed by atoms with E-state index in [1.807, 2.05) is 11.3 Å². The number of likely N-dealkylation sites (N-methyl/N-ethyl adjacent to an activating group) is 1. The lowest BCUT2D eigenvalue weighted by Gasteiger charge is -2.09. The SMILES string of the molecule is C[NH+](C)CCNc1ncnc2sc3c(c12)CCC3. The smallest absolute Gasteiger partial charge is 0.138 e. The summed E-state index contributed by atoms with van der Waals surface area (Å²) < 4.78 is 0. The number of aryl methyl sites for hydroxylation is 2. The second-order valence-electron chi connectivity index (χ2n) is 5.14. The molecule has 1 aliphatic rings. The maximum Gasteiger partial charge on any atom is 0.138 e. The molecule has 0 spiro atoms. The summed E-state index contributed by atoms with van der Waals surface area (Å²) in [5.74, 6) is 1.03. The molecule has 1 aliphatic carbocycles. The zero-order valence-electron chi connectivity index (χ0n) is 10.9. The van der Waals surface area contributed by atoms with E-state index in [9.17, 15) is 0 Å². The molecule has 3 rings (SSSR count). The minimum atomic E-state index is 0.957. The minimum Gasteiger partial charge on any atom is -0.364 e. The third kappa shape index (κ3) is 2.08. The summed E-state index contributed by atoms with van der Waals surface area (Å²) in [6.07, 6.45) is 5.38. The largest absolute Gasteiger partial charge is 0.364 e. The molecule has 0 saturated carbocycles. The van der Waals surface area contributed by atoms with Gasteiger partial charge in [0.2, 0.25) is 0 Å². The first-order valence-electron chi connectivity index (χ1n) is 6.54. The first-order chi connectivity index (χ1) is 8.75. The number of anilines is 1. The molecule has 0 bridgehead atoms. The highest BCUT2D eigenvalue weighted by Gasteiger charge is 2.20. The number of rotatable bonds is 4. The second-order valence-corrected chi connectivity index (χ2v) is 6.23. The highest BCUT2D eigenvalue weighted by atomic mass is 32.1. The maximum atomic E-state index is 4.43. The number of fused-ring (bicyclic) bond motifs is 3. The van der Waals surface area contributed by atoms with Crippen LogP contribution in [-0.2, 0) is 12.8 Å². The summed E-state index contributed by atoms with van der Waals surface area (Å²) in [6.45, 7) is 2.05. The van der Waals surface area contributed by atoms with E-state index in [2.05, 4.69) is 29.4 Å². The third-order valence-electron chi connectivity index (χ3n) is 3.42. The van der Waals surface area contributed by atoms with E-state index in [4.69, 9.17) is 0 Å². The average Bonchev–Trinajstić information content (AvgIpc) is 2.88. The standard InChI is InChI=1S/C13H18N4S/c1-17(2)7-6-14-12-11-9-4-3-5-10(9)18-13(11)16-8-15-12/h8H,3-7H2,1-2H3,(H,14,15,16)/p+1. The predicted octanol–water partition coefficient (Wildman–Crippen LogP) is 0.736. The number of hydrogen-bond donors (Lipinski definition) is 2. The van der Waals surface area contributed by atoms with Crippen LogP contribution in [0.4, 0.5) is 5.82 Å². The fourth-order valence-electron chi connectivity index (χ4n) is 2.49. The van der Waals surface area contributed by atoms with Crippen LogP contribution in [-0.4, -0.2) is 37.2 Å². The Morgan fingerprint density at radius 2 is 2.22 bits per heavy atom. The van der Waals surface area contributed by atoms with Gasteiger partial charge in [0.1, 0.15) is 17.0 Å². The molecule has 96 valence electrons. The highest BCUT2D eigenvalue weighted by Crippen LogP contribution is 2.38. The van der Waals surface area contributed by atoms with E-state index in [0.717, 1.165) is 23.7 Å². The first-order valence-corrected chi connectivity index (χ1v) is 7.35. The molecule has 2 aromatic rings. The van der Waals surface area contributed by atoms with Crippen molar-refractivity contribution in [2.45, 2.75) is 19.3 Å². The monoisotopic (exact) mass is 263 g/mol. The third-order valence-corrected chi connectivity index (χ3v) is 4.62. The number of nitrogens with one attached hydrogen (secondary N) is 2. The van der Waals surface area contributed by atoms with E-state index in [0.29, 0.717) is 0 Å². The highest BCUT2D eigenvalue weighted by molar-refractivity contribution is 7.19. The Morgan fingerprint density at radius 1 is 1.33 bits per heavy atom. The quantitative estimate of drug-likeness (QED) is 0.855. The number of quaternary nitrogens is 1. The van der Waals surface area contributed by atoms with Crippen LogP contribution in [0.1, 0.15) is 16.9 Å². The van der Waals surface area contributed by atoms with Gasteiger partial charge in [-0.25, -0.2) is 9.97 Å². The molecular formula is C13H19N4S+. The fourth-order valence-corrected chi connectivity index (χ4v) is 3.72. The van der Waals surface area contributed by atoms with Crippen LogP contribution in [0.25, 0.3) is 10.2 Å². The van der Waals surface area contributed by atoms with Gasteiger partial charge in [-0.3, -0.25) is 0 Å². The van der Waals surface area contributed by atoms with Crippen LogP contribution < -0.4 is 10.2 Å². The van der Waals surface area contributed by atoms with Crippen LogP contribution in [0.3, 0.4) is 0 Å². The Kier molecular flexibility index (Phi) is 3.18. The molecule has 0 aromatic carbocycles. The molecule has 5 heteroatoms. The van der Waals surface area contributed by atoms with Crippen molar-refractivity contribution in [3.63, 3.8) is 0 Å².